The number of hydrogen-bond acceptors (Lipinski definition) is 2. The van der Waals surface area contributed by atoms with Crippen molar-refractivity contribution in [1.29, 1.82) is 0 Å². The third-order valence-electron chi connectivity index (χ3n) is 2.28. The summed E-state index contributed by atoms with van der Waals surface area (Å²) in [5.41, 5.74) is 1.35. The fourth-order valence-corrected chi connectivity index (χ4v) is 1.43. The summed E-state index contributed by atoms with van der Waals surface area (Å²) in [6.45, 7) is 3.73. The molecule has 76 valence electrons. The van der Waals surface area contributed by atoms with Crippen molar-refractivity contribution < 1.29 is 9.47 Å². The quantitative estimate of drug-likeness (QED) is 0.668. The molecule has 1 aliphatic rings. The van der Waals surface area contributed by atoms with E-state index in [-0.39, 0.29) is 0 Å². The molecule has 0 bridgehead atoms. The van der Waals surface area contributed by atoms with Crippen molar-refractivity contribution in [2.45, 2.75) is 25.9 Å². The third-order valence-corrected chi connectivity index (χ3v) is 2.28. The largest absolute Gasteiger partial charge is 0.491 e. The minimum Gasteiger partial charge on any atom is -0.491 e. The summed E-state index contributed by atoms with van der Waals surface area (Å²) in [6.07, 6.45) is 2.64. The standard InChI is InChI=1S/C12H16O2/c1-2-4-10-5-3-6-11(7-10)13-8-12-9-14-12/h3,5-7,12H,2,4,8-9H2,1H3. The Morgan fingerprint density at radius 1 is 1.50 bits per heavy atom. The maximum atomic E-state index is 5.59. The van der Waals surface area contributed by atoms with Gasteiger partial charge in [-0.3, -0.25) is 0 Å². The van der Waals surface area contributed by atoms with Gasteiger partial charge in [0, 0.05) is 0 Å². The molecule has 1 aliphatic heterocycles. The van der Waals surface area contributed by atoms with Crippen molar-refractivity contribution in [1.82, 2.24) is 0 Å². The molecule has 2 rings (SSSR count). The van der Waals surface area contributed by atoms with E-state index in [4.69, 9.17) is 9.47 Å². The topological polar surface area (TPSA) is 21.8 Å². The molecule has 1 fully saturated rings. The predicted molar refractivity (Wildman–Crippen MR) is 55.7 cm³/mol. The molecule has 1 saturated heterocycles. The number of benzene rings is 1. The maximum absolute atomic E-state index is 5.59. The van der Waals surface area contributed by atoms with E-state index >= 15 is 0 Å². The average molecular weight is 192 g/mol. The normalized spacial score (nSPS) is 19.4. The van der Waals surface area contributed by atoms with Gasteiger partial charge in [-0.05, 0) is 24.1 Å². The molecule has 0 amide bonds. The molecule has 1 heterocycles. The summed E-state index contributed by atoms with van der Waals surface area (Å²) in [5.74, 6) is 0.964. The highest BCUT2D eigenvalue weighted by Gasteiger charge is 2.22. The molecule has 0 radical (unpaired) electrons. The minimum absolute atomic E-state index is 0.338. The Morgan fingerprint density at radius 2 is 2.36 bits per heavy atom. The third kappa shape index (κ3) is 2.74. The Bertz CT molecular complexity index is 292. The Labute approximate surface area is 84.8 Å². The van der Waals surface area contributed by atoms with E-state index < -0.39 is 0 Å². The van der Waals surface area contributed by atoms with E-state index in [1.54, 1.807) is 0 Å². The highest BCUT2D eigenvalue weighted by molar-refractivity contribution is 5.28. The first-order chi connectivity index (χ1) is 6.88. The van der Waals surface area contributed by atoms with Gasteiger partial charge in [-0.2, -0.15) is 0 Å². The smallest absolute Gasteiger partial charge is 0.119 e. The van der Waals surface area contributed by atoms with Crippen molar-refractivity contribution >= 4 is 0 Å². The molecule has 0 spiro atoms. The Morgan fingerprint density at radius 3 is 3.07 bits per heavy atom. The van der Waals surface area contributed by atoms with Gasteiger partial charge in [-0.25, -0.2) is 0 Å². The summed E-state index contributed by atoms with van der Waals surface area (Å²) in [7, 11) is 0. The summed E-state index contributed by atoms with van der Waals surface area (Å²) in [6, 6.07) is 8.31. The van der Waals surface area contributed by atoms with Gasteiger partial charge in [0.2, 0.25) is 0 Å². The van der Waals surface area contributed by atoms with Gasteiger partial charge in [-0.1, -0.05) is 25.5 Å². The van der Waals surface area contributed by atoms with Crippen LogP contribution < -0.4 is 4.74 Å². The maximum Gasteiger partial charge on any atom is 0.119 e. The van der Waals surface area contributed by atoms with Crippen LogP contribution in [0.5, 0.6) is 5.75 Å². The van der Waals surface area contributed by atoms with Gasteiger partial charge in [0.05, 0.1) is 6.61 Å². The fraction of sp³-hybridized carbons (Fsp3) is 0.500. The zero-order valence-electron chi connectivity index (χ0n) is 8.53. The summed E-state index contributed by atoms with van der Waals surface area (Å²) in [4.78, 5) is 0. The SMILES string of the molecule is CCCc1cccc(OCC2CO2)c1. The van der Waals surface area contributed by atoms with Gasteiger partial charge in [-0.15, -0.1) is 0 Å². The lowest BCUT2D eigenvalue weighted by molar-refractivity contribution is 0.263. The zero-order valence-corrected chi connectivity index (χ0v) is 8.53. The van der Waals surface area contributed by atoms with Gasteiger partial charge >= 0.3 is 0 Å². The van der Waals surface area contributed by atoms with Gasteiger partial charge in [0.1, 0.15) is 18.5 Å². The first-order valence-corrected chi connectivity index (χ1v) is 5.22. The predicted octanol–water partition coefficient (Wildman–Crippen LogP) is 2.42. The summed E-state index contributed by atoms with van der Waals surface area (Å²) < 4.78 is 10.7. The fourth-order valence-electron chi connectivity index (χ4n) is 1.43. The number of hydrogen-bond donors (Lipinski definition) is 0. The molecular weight excluding hydrogens is 176 g/mol. The van der Waals surface area contributed by atoms with Crippen molar-refractivity contribution in [3.8, 4) is 5.75 Å². The molecular formula is C12H16O2. The molecule has 0 aliphatic carbocycles. The molecule has 1 aromatic rings. The van der Waals surface area contributed by atoms with E-state index in [2.05, 4.69) is 19.1 Å². The van der Waals surface area contributed by atoms with Crippen LogP contribution in [0.15, 0.2) is 24.3 Å². The highest BCUT2D eigenvalue weighted by atomic mass is 16.6. The van der Waals surface area contributed by atoms with Crippen molar-refractivity contribution in [3.63, 3.8) is 0 Å². The lowest BCUT2D eigenvalue weighted by Gasteiger charge is -2.05. The van der Waals surface area contributed by atoms with Crippen molar-refractivity contribution in [2.75, 3.05) is 13.2 Å². The van der Waals surface area contributed by atoms with Crippen LogP contribution in [0.25, 0.3) is 0 Å². The van der Waals surface area contributed by atoms with Crippen molar-refractivity contribution in [3.05, 3.63) is 29.8 Å². The van der Waals surface area contributed by atoms with E-state index in [0.29, 0.717) is 12.7 Å². The molecule has 0 N–H and O–H groups in total. The lowest BCUT2D eigenvalue weighted by atomic mass is 10.1. The molecule has 2 nitrogen and oxygen atoms in total. The van der Waals surface area contributed by atoms with Gasteiger partial charge in [0.25, 0.3) is 0 Å². The summed E-state index contributed by atoms with van der Waals surface area (Å²) >= 11 is 0. The van der Waals surface area contributed by atoms with E-state index in [9.17, 15) is 0 Å². The second-order valence-electron chi connectivity index (χ2n) is 3.66. The van der Waals surface area contributed by atoms with Crippen LogP contribution in [0.3, 0.4) is 0 Å². The number of rotatable bonds is 5. The Hall–Kier alpha value is -1.02. The average Bonchev–Trinajstić information content (AvgIpc) is 2.99. The van der Waals surface area contributed by atoms with E-state index in [1.807, 2.05) is 12.1 Å². The highest BCUT2D eigenvalue weighted by Crippen LogP contribution is 2.17. The molecule has 14 heavy (non-hydrogen) atoms. The molecule has 1 unspecified atom stereocenters. The van der Waals surface area contributed by atoms with Crippen LogP contribution in [0.1, 0.15) is 18.9 Å². The first-order valence-electron chi connectivity index (χ1n) is 5.22. The van der Waals surface area contributed by atoms with Crippen molar-refractivity contribution in [2.24, 2.45) is 0 Å². The molecule has 1 atom stereocenters. The monoisotopic (exact) mass is 192 g/mol. The van der Waals surface area contributed by atoms with Crippen LogP contribution in [0.2, 0.25) is 0 Å². The van der Waals surface area contributed by atoms with Crippen LogP contribution >= 0.6 is 0 Å². The second-order valence-corrected chi connectivity index (χ2v) is 3.66. The number of ether oxygens (including phenoxy) is 2. The van der Waals surface area contributed by atoms with Gasteiger partial charge in [0.15, 0.2) is 0 Å². The minimum atomic E-state index is 0.338. The molecule has 0 aromatic heterocycles. The van der Waals surface area contributed by atoms with Crippen LogP contribution in [-0.4, -0.2) is 19.3 Å². The number of epoxide rings is 1. The van der Waals surface area contributed by atoms with Gasteiger partial charge < -0.3 is 9.47 Å². The lowest BCUT2D eigenvalue weighted by Crippen LogP contribution is -2.04. The van der Waals surface area contributed by atoms with E-state index in [1.165, 1.54) is 12.0 Å². The molecule has 0 saturated carbocycles. The van der Waals surface area contributed by atoms with E-state index in [0.717, 1.165) is 18.8 Å². The Balaban J connectivity index is 1.90. The zero-order chi connectivity index (χ0) is 9.80. The number of aryl methyl sites for hydroxylation is 1. The van der Waals surface area contributed by atoms with Crippen LogP contribution in [0.4, 0.5) is 0 Å². The Kier molecular flexibility index (Phi) is 3.04. The first kappa shape index (κ1) is 9.53. The summed E-state index contributed by atoms with van der Waals surface area (Å²) in [5, 5.41) is 0. The molecule has 1 aromatic carbocycles. The molecule has 2 heteroatoms. The second kappa shape index (κ2) is 4.47. The van der Waals surface area contributed by atoms with Crippen LogP contribution in [-0.2, 0) is 11.2 Å². The van der Waals surface area contributed by atoms with Crippen LogP contribution in [0, 0.1) is 0 Å².